The Labute approximate surface area is 172 Å². The predicted molar refractivity (Wildman–Crippen MR) is 108 cm³/mol. The van der Waals surface area contributed by atoms with Gasteiger partial charge in [0.05, 0.1) is 22.7 Å². The molecule has 5 nitrogen and oxygen atoms in total. The molecule has 6 heteroatoms. The molecule has 4 aromatic rings. The van der Waals surface area contributed by atoms with Crippen LogP contribution in [0.25, 0.3) is 33.1 Å². The maximum absolute atomic E-state index is 9.04. The maximum atomic E-state index is 9.04. The number of benzene rings is 2. The minimum Gasteiger partial charge on any atom is -0.464 e. The van der Waals surface area contributed by atoms with Crippen LogP contribution in [0, 0.1) is 39.7 Å². The fourth-order valence-corrected chi connectivity index (χ4v) is 2.57. The summed E-state index contributed by atoms with van der Waals surface area (Å²) < 4.78 is 0. The number of aromatic nitrogens is 3. The normalized spacial score (nSPS) is 10.1. The Hall–Kier alpha value is -2.39. The Kier molecular flexibility index (Phi) is 7.56. The van der Waals surface area contributed by atoms with Crippen molar-refractivity contribution in [2.45, 2.75) is 13.8 Å². The van der Waals surface area contributed by atoms with E-state index in [9.17, 15) is 0 Å². The summed E-state index contributed by atoms with van der Waals surface area (Å²) in [7, 11) is 7.25. The van der Waals surface area contributed by atoms with Gasteiger partial charge in [0, 0.05) is 23.9 Å². The monoisotopic (exact) mass is 395 g/mol. The fraction of sp³-hybridized carbons (Fsp3) is 0.190. The Bertz CT molecular complexity index is 1120. The first-order valence-corrected chi connectivity index (χ1v) is 7.92. The van der Waals surface area contributed by atoms with Crippen molar-refractivity contribution in [2.75, 3.05) is 14.1 Å². The molecule has 1 radical (unpaired) electrons. The van der Waals surface area contributed by atoms with E-state index in [1.165, 1.54) is 11.1 Å². The molecule has 4 rings (SSSR count). The summed E-state index contributed by atoms with van der Waals surface area (Å²) in [6.07, 6.45) is 0. The molecule has 27 heavy (non-hydrogen) atoms. The average Bonchev–Trinajstić information content (AvgIpc) is 2.90. The smallest absolute Gasteiger partial charge is 0.0991 e. The Balaban J connectivity index is 0.000000558. The molecule has 0 atom stereocenters. The van der Waals surface area contributed by atoms with Crippen LogP contribution in [0.5, 0.6) is 0 Å². The number of hydrogen-bond donors (Lipinski definition) is 0. The number of aryl methyl sites for hydroxylation is 2. The van der Waals surface area contributed by atoms with Crippen molar-refractivity contribution in [3.8, 4) is 6.07 Å². The van der Waals surface area contributed by atoms with Gasteiger partial charge in [0.2, 0.25) is 0 Å². The van der Waals surface area contributed by atoms with Crippen LogP contribution in [0.1, 0.15) is 16.7 Å². The van der Waals surface area contributed by atoms with Gasteiger partial charge in [-0.25, -0.2) is 4.98 Å². The van der Waals surface area contributed by atoms with Crippen molar-refractivity contribution in [1.29, 1.82) is 5.26 Å². The van der Waals surface area contributed by atoms with Gasteiger partial charge in [-0.05, 0) is 73.9 Å². The van der Waals surface area contributed by atoms with Crippen LogP contribution >= 0.6 is 0 Å². The number of rotatable bonds is 0. The summed E-state index contributed by atoms with van der Waals surface area (Å²) in [5.74, 6) is 0. The van der Waals surface area contributed by atoms with E-state index < -0.39 is 0 Å². The third kappa shape index (κ3) is 4.67. The van der Waals surface area contributed by atoms with E-state index in [-0.39, 0.29) is 26.0 Å². The summed E-state index contributed by atoms with van der Waals surface area (Å²) in [5, 5.41) is 9.92. The standard InChI is InChI=1S/C17H11N4.C3H8N.CH3.V/c1-9-5-14-15(6-10(9)2)21-17-16(19-14)12-7-11(8-18)3-4-13(12)20-17;1-4(2)3;;/h3-7H,1-2H3;1H2,2-3H3;1H3;/q3*-1;. The number of nitrogens with zero attached hydrogens (tertiary/aromatic N) is 5. The number of fused-ring (bicyclic) bond motifs is 4. The topological polar surface area (TPSA) is 66.9 Å². The van der Waals surface area contributed by atoms with Crippen LogP contribution in [-0.4, -0.2) is 29.0 Å². The molecule has 0 saturated carbocycles. The van der Waals surface area contributed by atoms with E-state index in [4.69, 9.17) is 10.2 Å². The van der Waals surface area contributed by atoms with Gasteiger partial charge >= 0.3 is 0 Å². The maximum Gasteiger partial charge on any atom is 0.0991 e. The van der Waals surface area contributed by atoms with Crippen molar-refractivity contribution >= 4 is 33.1 Å². The van der Waals surface area contributed by atoms with Gasteiger partial charge in [0.25, 0.3) is 0 Å². The van der Waals surface area contributed by atoms with Gasteiger partial charge in [-0.1, -0.05) is 12.1 Å². The molecule has 0 spiro atoms. The van der Waals surface area contributed by atoms with Crippen LogP contribution in [-0.2, 0) is 18.6 Å². The van der Waals surface area contributed by atoms with Gasteiger partial charge in [-0.2, -0.15) is 5.26 Å². The second-order valence-electron chi connectivity index (χ2n) is 6.36. The largest absolute Gasteiger partial charge is 0.464 e. The van der Waals surface area contributed by atoms with E-state index in [2.05, 4.69) is 36.9 Å². The van der Waals surface area contributed by atoms with Gasteiger partial charge in [-0.15, -0.1) is 0 Å². The minimum absolute atomic E-state index is 0. The third-order valence-electron chi connectivity index (χ3n) is 3.87. The minimum atomic E-state index is 0. The first-order chi connectivity index (χ1) is 11.9. The van der Waals surface area contributed by atoms with Crippen LogP contribution in [0.2, 0.25) is 0 Å². The van der Waals surface area contributed by atoms with E-state index >= 15 is 0 Å². The molecule has 0 fully saturated rings. The second-order valence-corrected chi connectivity index (χ2v) is 6.36. The van der Waals surface area contributed by atoms with E-state index in [1.54, 1.807) is 11.0 Å². The Morgan fingerprint density at radius 2 is 1.59 bits per heavy atom. The molecule has 0 bridgehead atoms. The molecule has 0 N–H and O–H groups in total. The van der Waals surface area contributed by atoms with Crippen LogP contribution in [0.4, 0.5) is 0 Å². The van der Waals surface area contributed by atoms with Crippen molar-refractivity contribution in [3.05, 3.63) is 61.5 Å². The van der Waals surface area contributed by atoms with E-state index in [0.717, 1.165) is 27.5 Å². The SMILES string of the molecule is Cc1cc2nc3[n-]c4ccc(C#N)cc4c3nc2cc1C.[CH2-]N(C)C.[CH3-].[V]. The summed E-state index contributed by atoms with van der Waals surface area (Å²) >= 11 is 0. The predicted octanol–water partition coefficient (Wildman–Crippen LogP) is 4.17. The summed E-state index contributed by atoms with van der Waals surface area (Å²) in [5.41, 5.74) is 6.94. The second kappa shape index (κ2) is 9.01. The van der Waals surface area contributed by atoms with Crippen LogP contribution < -0.4 is 4.98 Å². The molecule has 0 amide bonds. The van der Waals surface area contributed by atoms with Crippen molar-refractivity contribution in [1.82, 2.24) is 19.9 Å². The van der Waals surface area contributed by atoms with Gasteiger partial charge in [0.15, 0.2) is 0 Å². The fourth-order valence-electron chi connectivity index (χ4n) is 2.57. The molecule has 2 heterocycles. The van der Waals surface area contributed by atoms with Crippen molar-refractivity contribution in [3.63, 3.8) is 0 Å². The first kappa shape index (κ1) is 22.7. The van der Waals surface area contributed by atoms with Crippen molar-refractivity contribution < 1.29 is 18.6 Å². The molecule has 0 aliphatic carbocycles. The zero-order valence-electron chi connectivity index (χ0n) is 16.3. The van der Waals surface area contributed by atoms with Gasteiger partial charge in [0.1, 0.15) is 0 Å². The Morgan fingerprint density at radius 3 is 2.15 bits per heavy atom. The summed E-state index contributed by atoms with van der Waals surface area (Å²) in [4.78, 5) is 15.6. The van der Waals surface area contributed by atoms with Crippen LogP contribution in [0.3, 0.4) is 0 Å². The molecular weight excluding hydrogens is 373 g/mol. The molecule has 0 saturated heterocycles. The zero-order chi connectivity index (χ0) is 18.1. The van der Waals surface area contributed by atoms with Gasteiger partial charge in [-0.3, -0.25) is 7.05 Å². The van der Waals surface area contributed by atoms with Gasteiger partial charge < -0.3 is 22.3 Å². The van der Waals surface area contributed by atoms with Crippen LogP contribution in [0.15, 0.2) is 30.3 Å². The Morgan fingerprint density at radius 1 is 1.04 bits per heavy atom. The molecule has 0 aliphatic heterocycles. The molecule has 139 valence electrons. The first-order valence-electron chi connectivity index (χ1n) is 7.92. The van der Waals surface area contributed by atoms with E-state index in [0.29, 0.717) is 11.2 Å². The summed E-state index contributed by atoms with van der Waals surface area (Å²) in [6, 6.07) is 11.7. The number of nitriles is 1. The van der Waals surface area contributed by atoms with Crippen molar-refractivity contribution in [2.24, 2.45) is 0 Å². The molecule has 2 aromatic carbocycles. The third-order valence-corrected chi connectivity index (χ3v) is 3.87. The zero-order valence-corrected chi connectivity index (χ0v) is 17.7. The molecular formula is C21H22N5V-3. The quantitative estimate of drug-likeness (QED) is 0.418. The molecule has 0 aliphatic rings. The molecule has 2 aromatic heterocycles. The van der Waals surface area contributed by atoms with E-state index in [1.807, 2.05) is 38.4 Å². The number of hydrogen-bond acceptors (Lipinski definition) is 4. The summed E-state index contributed by atoms with van der Waals surface area (Å²) in [6.45, 7) is 4.13. The average molecular weight is 395 g/mol. The molecule has 0 unspecified atom stereocenters.